The minimum Gasteiger partial charge on any atom is -0.497 e. The second-order valence-corrected chi connectivity index (χ2v) is 6.03. The summed E-state index contributed by atoms with van der Waals surface area (Å²) in [4.78, 5) is 13.0. The number of furan rings is 1. The molecule has 130 valence electrons. The molecule has 0 fully saturated rings. The Morgan fingerprint density at radius 3 is 2.69 bits per heavy atom. The molecule has 5 heteroatoms. The molecule has 1 atom stereocenters. The van der Waals surface area contributed by atoms with Crippen LogP contribution in [0, 0.1) is 0 Å². The number of hydrazone groups is 1. The van der Waals surface area contributed by atoms with E-state index >= 15 is 0 Å². The monoisotopic (exact) mass is 346 g/mol. The van der Waals surface area contributed by atoms with Gasteiger partial charge in [-0.25, -0.2) is 5.01 Å². The average molecular weight is 346 g/mol. The van der Waals surface area contributed by atoms with Crippen LogP contribution in [0.15, 0.2) is 82.5 Å². The summed E-state index contributed by atoms with van der Waals surface area (Å²) < 4.78 is 10.9. The van der Waals surface area contributed by atoms with Gasteiger partial charge in [0.15, 0.2) is 0 Å². The van der Waals surface area contributed by atoms with E-state index < -0.39 is 0 Å². The summed E-state index contributed by atoms with van der Waals surface area (Å²) in [6.45, 7) is 0. The lowest BCUT2D eigenvalue weighted by Crippen LogP contribution is -2.26. The van der Waals surface area contributed by atoms with Gasteiger partial charge in [-0.05, 0) is 36.4 Å². The summed E-state index contributed by atoms with van der Waals surface area (Å²) in [7, 11) is 1.63. The number of benzene rings is 2. The van der Waals surface area contributed by atoms with Crippen LogP contribution in [0.1, 0.15) is 34.1 Å². The molecule has 4 rings (SSSR count). The van der Waals surface area contributed by atoms with Gasteiger partial charge in [-0.2, -0.15) is 5.10 Å². The average Bonchev–Trinajstić information content (AvgIpc) is 3.38. The van der Waals surface area contributed by atoms with Crippen molar-refractivity contribution >= 4 is 11.6 Å². The first-order valence-electron chi connectivity index (χ1n) is 8.40. The van der Waals surface area contributed by atoms with E-state index in [1.165, 1.54) is 5.01 Å². The van der Waals surface area contributed by atoms with Gasteiger partial charge in [0.05, 0.1) is 19.1 Å². The molecular weight excluding hydrogens is 328 g/mol. The molecular formula is C21H18N2O3. The van der Waals surface area contributed by atoms with Crippen molar-refractivity contribution in [3.63, 3.8) is 0 Å². The van der Waals surface area contributed by atoms with E-state index in [-0.39, 0.29) is 11.9 Å². The van der Waals surface area contributed by atoms with Gasteiger partial charge in [-0.1, -0.05) is 30.3 Å². The fraction of sp³-hybridized carbons (Fsp3) is 0.143. The number of methoxy groups -OCH3 is 1. The number of carbonyl (C=O) groups excluding carboxylic acids is 1. The number of carbonyl (C=O) groups is 1. The molecule has 0 saturated heterocycles. The molecule has 1 aromatic heterocycles. The molecule has 0 aliphatic carbocycles. The lowest BCUT2D eigenvalue weighted by Gasteiger charge is -2.19. The smallest absolute Gasteiger partial charge is 0.274 e. The van der Waals surface area contributed by atoms with Crippen LogP contribution in [0.3, 0.4) is 0 Å². The molecule has 1 aliphatic heterocycles. The third-order valence-electron chi connectivity index (χ3n) is 4.41. The van der Waals surface area contributed by atoms with Crippen LogP contribution in [0.4, 0.5) is 0 Å². The minimum atomic E-state index is -0.265. The van der Waals surface area contributed by atoms with Gasteiger partial charge in [-0.3, -0.25) is 4.79 Å². The fourth-order valence-electron chi connectivity index (χ4n) is 3.09. The maximum Gasteiger partial charge on any atom is 0.274 e. The summed E-state index contributed by atoms with van der Waals surface area (Å²) in [6, 6.07) is 20.3. The molecule has 0 radical (unpaired) electrons. The molecule has 0 bridgehead atoms. The Hall–Kier alpha value is -3.34. The van der Waals surface area contributed by atoms with E-state index in [4.69, 9.17) is 9.15 Å². The van der Waals surface area contributed by atoms with E-state index in [1.807, 2.05) is 54.6 Å². The third-order valence-corrected chi connectivity index (χ3v) is 4.41. The zero-order valence-electron chi connectivity index (χ0n) is 14.3. The normalized spacial score (nSPS) is 16.4. The van der Waals surface area contributed by atoms with Crippen LogP contribution < -0.4 is 4.74 Å². The molecule has 1 amide bonds. The Balaban J connectivity index is 1.72. The Bertz CT molecular complexity index is 933. The highest BCUT2D eigenvalue weighted by Crippen LogP contribution is 2.34. The predicted molar refractivity (Wildman–Crippen MR) is 98.2 cm³/mol. The number of hydrogen-bond donors (Lipinski definition) is 0. The van der Waals surface area contributed by atoms with Gasteiger partial charge >= 0.3 is 0 Å². The molecule has 0 spiro atoms. The zero-order valence-corrected chi connectivity index (χ0v) is 14.3. The Kier molecular flexibility index (Phi) is 4.27. The van der Waals surface area contributed by atoms with Crippen molar-refractivity contribution in [2.75, 3.05) is 7.11 Å². The summed E-state index contributed by atoms with van der Waals surface area (Å²) in [5.41, 5.74) is 2.36. The molecule has 3 aromatic rings. The Morgan fingerprint density at radius 1 is 1.12 bits per heavy atom. The van der Waals surface area contributed by atoms with Crippen molar-refractivity contribution in [2.24, 2.45) is 5.10 Å². The first kappa shape index (κ1) is 16.1. The van der Waals surface area contributed by atoms with Crippen molar-refractivity contribution in [2.45, 2.75) is 12.5 Å². The van der Waals surface area contributed by atoms with Gasteiger partial charge in [-0.15, -0.1) is 0 Å². The SMILES string of the molecule is COc1cccc(C2=NN(C(=O)c3ccccc3)[C@H](c3ccco3)C2)c1. The zero-order chi connectivity index (χ0) is 17.9. The van der Waals surface area contributed by atoms with Crippen molar-refractivity contribution in [1.82, 2.24) is 5.01 Å². The number of rotatable bonds is 4. The van der Waals surface area contributed by atoms with Gasteiger partial charge < -0.3 is 9.15 Å². The molecule has 2 aromatic carbocycles. The van der Waals surface area contributed by atoms with Gasteiger partial charge in [0.25, 0.3) is 5.91 Å². The van der Waals surface area contributed by atoms with E-state index in [9.17, 15) is 4.79 Å². The molecule has 2 heterocycles. The van der Waals surface area contributed by atoms with Gasteiger partial charge in [0.2, 0.25) is 0 Å². The highest BCUT2D eigenvalue weighted by molar-refractivity contribution is 6.05. The number of ether oxygens (including phenoxy) is 1. The van der Waals surface area contributed by atoms with Crippen LogP contribution >= 0.6 is 0 Å². The molecule has 0 saturated carbocycles. The lowest BCUT2D eigenvalue weighted by molar-refractivity contribution is 0.0693. The van der Waals surface area contributed by atoms with E-state index in [2.05, 4.69) is 5.10 Å². The van der Waals surface area contributed by atoms with Crippen LogP contribution in [0.2, 0.25) is 0 Å². The topological polar surface area (TPSA) is 55.0 Å². The highest BCUT2D eigenvalue weighted by Gasteiger charge is 2.35. The van der Waals surface area contributed by atoms with Crippen molar-refractivity contribution in [3.8, 4) is 5.75 Å². The quantitative estimate of drug-likeness (QED) is 0.708. The van der Waals surface area contributed by atoms with E-state index in [0.29, 0.717) is 12.0 Å². The third kappa shape index (κ3) is 2.99. The van der Waals surface area contributed by atoms with E-state index in [0.717, 1.165) is 22.8 Å². The molecule has 26 heavy (non-hydrogen) atoms. The van der Waals surface area contributed by atoms with Crippen molar-refractivity contribution in [1.29, 1.82) is 0 Å². The van der Waals surface area contributed by atoms with Gasteiger partial charge in [0.1, 0.15) is 17.6 Å². The van der Waals surface area contributed by atoms with Crippen LogP contribution in [0.25, 0.3) is 0 Å². The molecule has 0 unspecified atom stereocenters. The Labute approximate surface area is 151 Å². The molecule has 5 nitrogen and oxygen atoms in total. The van der Waals surface area contributed by atoms with Crippen molar-refractivity contribution < 1.29 is 13.9 Å². The van der Waals surface area contributed by atoms with E-state index in [1.54, 1.807) is 25.5 Å². The standard InChI is InChI=1S/C21H18N2O3/c1-25-17-10-5-9-16(13-17)18-14-19(20-11-6-12-26-20)23(22-18)21(24)15-7-3-2-4-8-15/h2-13,19H,14H2,1H3/t19-/m0/s1. The summed E-state index contributed by atoms with van der Waals surface area (Å²) >= 11 is 0. The van der Waals surface area contributed by atoms with Crippen LogP contribution in [0.5, 0.6) is 5.75 Å². The predicted octanol–water partition coefficient (Wildman–Crippen LogP) is 4.28. The maximum atomic E-state index is 13.0. The number of nitrogens with zero attached hydrogens (tertiary/aromatic N) is 2. The minimum absolute atomic E-state index is 0.148. The number of hydrogen-bond acceptors (Lipinski definition) is 4. The van der Waals surface area contributed by atoms with Crippen LogP contribution in [-0.4, -0.2) is 23.7 Å². The second kappa shape index (κ2) is 6.88. The second-order valence-electron chi connectivity index (χ2n) is 6.03. The fourth-order valence-corrected chi connectivity index (χ4v) is 3.09. The number of amides is 1. The van der Waals surface area contributed by atoms with Gasteiger partial charge in [0, 0.05) is 17.5 Å². The summed E-state index contributed by atoms with van der Waals surface area (Å²) in [5, 5.41) is 6.15. The highest BCUT2D eigenvalue weighted by atomic mass is 16.5. The Morgan fingerprint density at radius 2 is 1.96 bits per heavy atom. The van der Waals surface area contributed by atoms with Crippen LogP contribution in [-0.2, 0) is 0 Å². The lowest BCUT2D eigenvalue weighted by atomic mass is 10.0. The first-order valence-corrected chi connectivity index (χ1v) is 8.40. The van der Waals surface area contributed by atoms with Crippen molar-refractivity contribution in [3.05, 3.63) is 89.9 Å². The summed E-state index contributed by atoms with van der Waals surface area (Å²) in [5.74, 6) is 1.33. The molecule has 0 N–H and O–H groups in total. The summed E-state index contributed by atoms with van der Waals surface area (Å²) in [6.07, 6.45) is 2.20. The molecule has 1 aliphatic rings. The maximum absolute atomic E-state index is 13.0. The first-order chi connectivity index (χ1) is 12.8. The largest absolute Gasteiger partial charge is 0.497 e.